The highest BCUT2D eigenvalue weighted by atomic mass is 32.2. The van der Waals surface area contributed by atoms with Gasteiger partial charge in [0.05, 0.1) is 11.5 Å². The van der Waals surface area contributed by atoms with Crippen molar-refractivity contribution in [3.8, 4) is 0 Å². The third-order valence-electron chi connectivity index (χ3n) is 5.72. The van der Waals surface area contributed by atoms with E-state index < -0.39 is 9.84 Å². The van der Waals surface area contributed by atoms with Gasteiger partial charge in [0, 0.05) is 19.5 Å². The molecule has 2 unspecified atom stereocenters. The Labute approximate surface area is 151 Å². The molecule has 1 amide bonds. The van der Waals surface area contributed by atoms with Crippen molar-refractivity contribution in [2.75, 3.05) is 18.8 Å². The Balaban J connectivity index is 1.43. The Morgan fingerprint density at radius 1 is 1.04 bits per heavy atom. The Hall–Kier alpha value is -1.36. The third kappa shape index (κ3) is 5.30. The minimum atomic E-state index is -3.15. The van der Waals surface area contributed by atoms with Crippen LogP contribution in [0.1, 0.15) is 50.5 Å². The van der Waals surface area contributed by atoms with Gasteiger partial charge in [-0.25, -0.2) is 8.42 Å². The summed E-state index contributed by atoms with van der Waals surface area (Å²) in [5, 5.41) is 0. The van der Waals surface area contributed by atoms with Gasteiger partial charge in [-0.1, -0.05) is 49.6 Å². The molecule has 0 aromatic heterocycles. The molecular formula is C20H29NO3S. The van der Waals surface area contributed by atoms with E-state index in [0.29, 0.717) is 18.8 Å². The average molecular weight is 364 g/mol. The van der Waals surface area contributed by atoms with Crippen LogP contribution in [0.5, 0.6) is 0 Å². The Kier molecular flexibility index (Phi) is 6.15. The van der Waals surface area contributed by atoms with Crippen LogP contribution in [-0.2, 0) is 20.4 Å². The number of amides is 1. The standard InChI is InChI=1S/C20H29NO3S/c22-20(21-13-12-18-9-4-5-10-19(18)15-21)11-6-14-25(23,24)16-17-7-2-1-3-8-17/h1-3,7-8,18-19H,4-6,9-16H2. The summed E-state index contributed by atoms with van der Waals surface area (Å²) in [6.45, 7) is 1.75. The fraction of sp³-hybridized carbons (Fsp3) is 0.650. The largest absolute Gasteiger partial charge is 0.342 e. The lowest BCUT2D eigenvalue weighted by atomic mass is 9.75. The molecule has 2 fully saturated rings. The van der Waals surface area contributed by atoms with Crippen molar-refractivity contribution in [3.63, 3.8) is 0 Å². The number of fused-ring (bicyclic) bond motifs is 1. The van der Waals surface area contributed by atoms with Crippen LogP contribution in [0.3, 0.4) is 0 Å². The zero-order valence-corrected chi connectivity index (χ0v) is 15.7. The normalized spacial score (nSPS) is 23.9. The first-order valence-electron chi connectivity index (χ1n) is 9.55. The van der Waals surface area contributed by atoms with E-state index in [9.17, 15) is 13.2 Å². The average Bonchev–Trinajstić information content (AvgIpc) is 2.61. The van der Waals surface area contributed by atoms with E-state index in [2.05, 4.69) is 0 Å². The van der Waals surface area contributed by atoms with Crippen LogP contribution in [0.15, 0.2) is 30.3 Å². The highest BCUT2D eigenvalue weighted by molar-refractivity contribution is 7.90. The lowest BCUT2D eigenvalue weighted by Gasteiger charge is -2.41. The van der Waals surface area contributed by atoms with E-state index in [1.807, 2.05) is 35.2 Å². The number of rotatable bonds is 6. The molecule has 0 radical (unpaired) electrons. The van der Waals surface area contributed by atoms with Crippen molar-refractivity contribution in [1.29, 1.82) is 0 Å². The second kappa shape index (κ2) is 8.35. The smallest absolute Gasteiger partial charge is 0.222 e. The first-order chi connectivity index (χ1) is 12.0. The van der Waals surface area contributed by atoms with Crippen LogP contribution in [0.4, 0.5) is 0 Å². The molecule has 1 aliphatic carbocycles. The van der Waals surface area contributed by atoms with E-state index in [0.717, 1.165) is 31.0 Å². The highest BCUT2D eigenvalue weighted by Gasteiger charge is 2.32. The first-order valence-corrected chi connectivity index (χ1v) is 11.4. The van der Waals surface area contributed by atoms with E-state index in [1.54, 1.807) is 0 Å². The lowest BCUT2D eigenvalue weighted by Crippen LogP contribution is -2.44. The maximum Gasteiger partial charge on any atom is 0.222 e. The van der Waals surface area contributed by atoms with E-state index in [-0.39, 0.29) is 17.4 Å². The molecule has 1 aromatic rings. The van der Waals surface area contributed by atoms with Gasteiger partial charge < -0.3 is 4.90 Å². The molecular weight excluding hydrogens is 334 g/mol. The minimum Gasteiger partial charge on any atom is -0.342 e. The topological polar surface area (TPSA) is 54.5 Å². The van der Waals surface area contributed by atoms with Gasteiger partial charge in [-0.3, -0.25) is 4.79 Å². The quantitative estimate of drug-likeness (QED) is 0.778. The molecule has 25 heavy (non-hydrogen) atoms. The molecule has 1 aromatic carbocycles. The SMILES string of the molecule is O=C(CCCS(=O)(=O)Cc1ccccc1)N1CCC2CCCCC2C1. The van der Waals surface area contributed by atoms with E-state index in [4.69, 9.17) is 0 Å². The van der Waals surface area contributed by atoms with Crippen LogP contribution in [0, 0.1) is 11.8 Å². The third-order valence-corrected chi connectivity index (χ3v) is 7.40. The number of nitrogens with zero attached hydrogens (tertiary/aromatic N) is 1. The summed E-state index contributed by atoms with van der Waals surface area (Å²) in [6.07, 6.45) is 7.12. The molecule has 1 aliphatic heterocycles. The second-order valence-corrected chi connectivity index (χ2v) is 9.80. The van der Waals surface area contributed by atoms with Gasteiger partial charge in [-0.05, 0) is 36.7 Å². The Morgan fingerprint density at radius 2 is 1.76 bits per heavy atom. The summed E-state index contributed by atoms with van der Waals surface area (Å²) in [5.74, 6) is 1.78. The Morgan fingerprint density at radius 3 is 2.52 bits per heavy atom. The zero-order chi connectivity index (χ0) is 17.7. The number of benzene rings is 1. The molecule has 1 heterocycles. The van der Waals surface area contributed by atoms with Crippen LogP contribution in [-0.4, -0.2) is 38.1 Å². The number of hydrogen-bond donors (Lipinski definition) is 0. The predicted molar refractivity (Wildman–Crippen MR) is 99.8 cm³/mol. The van der Waals surface area contributed by atoms with Crippen molar-refractivity contribution >= 4 is 15.7 Å². The number of carbonyl (C=O) groups excluding carboxylic acids is 1. The summed E-state index contributed by atoms with van der Waals surface area (Å²) in [7, 11) is -3.15. The molecule has 4 nitrogen and oxygen atoms in total. The first kappa shape index (κ1) is 18.4. The van der Waals surface area contributed by atoms with Crippen molar-refractivity contribution in [3.05, 3.63) is 35.9 Å². The number of piperidine rings is 1. The summed E-state index contributed by atoms with van der Waals surface area (Å²) >= 11 is 0. The maximum atomic E-state index is 12.4. The summed E-state index contributed by atoms with van der Waals surface area (Å²) in [4.78, 5) is 14.4. The summed E-state index contributed by atoms with van der Waals surface area (Å²) in [5.41, 5.74) is 0.813. The lowest BCUT2D eigenvalue weighted by molar-refractivity contribution is -0.134. The van der Waals surface area contributed by atoms with Gasteiger partial charge in [0.2, 0.25) is 5.91 Å². The minimum absolute atomic E-state index is 0.0650. The Bertz CT molecular complexity index is 671. The molecule has 1 saturated heterocycles. The van der Waals surface area contributed by atoms with Crippen LogP contribution in [0.25, 0.3) is 0 Å². The van der Waals surface area contributed by atoms with Gasteiger partial charge in [0.15, 0.2) is 9.84 Å². The molecule has 2 atom stereocenters. The van der Waals surface area contributed by atoms with Crippen molar-refractivity contribution in [2.45, 2.75) is 50.7 Å². The van der Waals surface area contributed by atoms with Gasteiger partial charge in [0.25, 0.3) is 0 Å². The van der Waals surface area contributed by atoms with E-state index >= 15 is 0 Å². The van der Waals surface area contributed by atoms with Crippen molar-refractivity contribution < 1.29 is 13.2 Å². The van der Waals surface area contributed by atoms with Crippen molar-refractivity contribution in [2.24, 2.45) is 11.8 Å². The van der Waals surface area contributed by atoms with E-state index in [1.165, 1.54) is 25.7 Å². The van der Waals surface area contributed by atoms with Gasteiger partial charge in [0.1, 0.15) is 0 Å². The number of carbonyl (C=O) groups is 1. The van der Waals surface area contributed by atoms with Crippen molar-refractivity contribution in [1.82, 2.24) is 4.90 Å². The molecule has 0 N–H and O–H groups in total. The molecule has 138 valence electrons. The van der Waals surface area contributed by atoms with Crippen LogP contribution < -0.4 is 0 Å². The summed E-state index contributed by atoms with van der Waals surface area (Å²) in [6, 6.07) is 9.24. The molecule has 3 rings (SSSR count). The fourth-order valence-corrected chi connectivity index (χ4v) is 5.76. The summed E-state index contributed by atoms with van der Waals surface area (Å²) < 4.78 is 24.4. The van der Waals surface area contributed by atoms with Crippen LogP contribution in [0.2, 0.25) is 0 Å². The number of likely N-dealkylation sites (tertiary alicyclic amines) is 1. The molecule has 2 aliphatic rings. The number of hydrogen-bond acceptors (Lipinski definition) is 3. The molecule has 1 saturated carbocycles. The van der Waals surface area contributed by atoms with Crippen LogP contribution >= 0.6 is 0 Å². The van der Waals surface area contributed by atoms with Gasteiger partial charge in [-0.15, -0.1) is 0 Å². The molecule has 5 heteroatoms. The van der Waals surface area contributed by atoms with Gasteiger partial charge in [-0.2, -0.15) is 0 Å². The highest BCUT2D eigenvalue weighted by Crippen LogP contribution is 2.36. The maximum absolute atomic E-state index is 12.4. The fourth-order valence-electron chi connectivity index (χ4n) is 4.33. The zero-order valence-electron chi connectivity index (χ0n) is 14.9. The second-order valence-electron chi connectivity index (χ2n) is 7.61. The molecule has 0 bridgehead atoms. The van der Waals surface area contributed by atoms with Gasteiger partial charge >= 0.3 is 0 Å². The monoisotopic (exact) mass is 363 g/mol. The molecule has 0 spiro atoms. The number of sulfone groups is 1. The predicted octanol–water partition coefficient (Wildman–Crippen LogP) is 3.42.